The number of halogens is 2. The van der Waals surface area contributed by atoms with Crippen molar-refractivity contribution in [1.29, 1.82) is 0 Å². The topological polar surface area (TPSA) is 55.2 Å². The summed E-state index contributed by atoms with van der Waals surface area (Å²) in [6.45, 7) is 0. The van der Waals surface area contributed by atoms with E-state index >= 15 is 0 Å². The second-order valence-electron chi connectivity index (χ2n) is 4.78. The van der Waals surface area contributed by atoms with Crippen LogP contribution in [-0.2, 0) is 0 Å². The molecule has 1 N–H and O–H groups in total. The fourth-order valence-corrected chi connectivity index (χ4v) is 2.77. The minimum atomic E-state index is 0.354. The molecule has 0 unspecified atom stereocenters. The van der Waals surface area contributed by atoms with E-state index in [1.54, 1.807) is 31.5 Å². The maximum atomic E-state index is 6.15. The van der Waals surface area contributed by atoms with Gasteiger partial charge in [0, 0.05) is 11.1 Å². The molecule has 122 valence electrons. The molecule has 0 saturated carbocycles. The van der Waals surface area contributed by atoms with Crippen LogP contribution in [0.5, 0.6) is 5.75 Å². The van der Waals surface area contributed by atoms with Crippen LogP contribution in [0.15, 0.2) is 47.6 Å². The smallest absolute Gasteiger partial charge is 0.216 e. The number of nitrogens with zero attached hydrogens (tertiary/aromatic N) is 3. The van der Waals surface area contributed by atoms with Gasteiger partial charge in [-0.3, -0.25) is 0 Å². The van der Waals surface area contributed by atoms with Crippen LogP contribution in [0, 0.1) is 4.77 Å². The van der Waals surface area contributed by atoms with Crippen LogP contribution >= 0.6 is 35.4 Å². The fourth-order valence-electron chi connectivity index (χ4n) is 2.10. The summed E-state index contributed by atoms with van der Waals surface area (Å²) in [4.78, 5) is 0. The second kappa shape index (κ2) is 7.17. The van der Waals surface area contributed by atoms with Gasteiger partial charge in [0.25, 0.3) is 0 Å². The van der Waals surface area contributed by atoms with E-state index < -0.39 is 0 Å². The zero-order valence-corrected chi connectivity index (χ0v) is 14.9. The summed E-state index contributed by atoms with van der Waals surface area (Å²) in [6, 6.07) is 12.7. The molecule has 3 rings (SSSR count). The Morgan fingerprint density at radius 2 is 1.92 bits per heavy atom. The maximum Gasteiger partial charge on any atom is 0.216 e. The molecule has 0 saturated heterocycles. The van der Waals surface area contributed by atoms with Crippen LogP contribution in [-0.4, -0.2) is 28.2 Å². The van der Waals surface area contributed by atoms with Crippen molar-refractivity contribution in [3.05, 3.63) is 62.8 Å². The number of benzene rings is 2. The van der Waals surface area contributed by atoms with Gasteiger partial charge in [0.2, 0.25) is 4.77 Å². The average Bonchev–Trinajstić information content (AvgIpc) is 2.95. The van der Waals surface area contributed by atoms with Gasteiger partial charge in [-0.15, -0.1) is 0 Å². The Bertz CT molecular complexity index is 944. The number of H-pyrrole nitrogens is 1. The van der Waals surface area contributed by atoms with Crippen molar-refractivity contribution in [2.75, 3.05) is 7.11 Å². The Balaban J connectivity index is 2.05. The van der Waals surface area contributed by atoms with Gasteiger partial charge in [-0.2, -0.15) is 14.9 Å². The molecule has 0 radical (unpaired) electrons. The summed E-state index contributed by atoms with van der Waals surface area (Å²) < 4.78 is 7.09. The van der Waals surface area contributed by atoms with Crippen LogP contribution in [0.2, 0.25) is 10.0 Å². The van der Waals surface area contributed by atoms with Crippen molar-refractivity contribution in [3.63, 3.8) is 0 Å². The van der Waals surface area contributed by atoms with Gasteiger partial charge in [0.05, 0.1) is 23.4 Å². The molecule has 0 atom stereocenters. The molecule has 0 spiro atoms. The van der Waals surface area contributed by atoms with E-state index in [0.717, 1.165) is 5.56 Å². The van der Waals surface area contributed by atoms with Crippen LogP contribution in [0.3, 0.4) is 0 Å². The monoisotopic (exact) mass is 378 g/mol. The lowest BCUT2D eigenvalue weighted by Gasteiger charge is -2.04. The van der Waals surface area contributed by atoms with Crippen molar-refractivity contribution in [3.8, 4) is 17.1 Å². The SMILES string of the molecule is COc1cccc(-c2n[nH]c(=S)n2N=Cc2c(Cl)cccc2Cl)c1. The van der Waals surface area contributed by atoms with Crippen LogP contribution in [0.4, 0.5) is 0 Å². The third-order valence-corrected chi connectivity index (χ3v) is 4.20. The summed E-state index contributed by atoms with van der Waals surface area (Å²) in [5.74, 6) is 1.27. The first-order valence-electron chi connectivity index (χ1n) is 6.90. The first kappa shape index (κ1) is 16.7. The molecular weight excluding hydrogens is 367 g/mol. The van der Waals surface area contributed by atoms with Gasteiger partial charge in [0.1, 0.15) is 5.75 Å². The summed E-state index contributed by atoms with van der Waals surface area (Å²) in [5, 5.41) is 12.3. The van der Waals surface area contributed by atoms with E-state index in [1.165, 1.54) is 4.68 Å². The fraction of sp³-hybridized carbons (Fsp3) is 0.0625. The molecule has 5 nitrogen and oxygen atoms in total. The van der Waals surface area contributed by atoms with Gasteiger partial charge in [-0.25, -0.2) is 5.10 Å². The molecule has 0 amide bonds. The highest BCUT2D eigenvalue weighted by atomic mass is 35.5. The minimum Gasteiger partial charge on any atom is -0.497 e. The van der Waals surface area contributed by atoms with Gasteiger partial charge < -0.3 is 4.74 Å². The summed E-state index contributed by atoms with van der Waals surface area (Å²) in [6.07, 6.45) is 1.56. The van der Waals surface area contributed by atoms with Gasteiger partial charge in [-0.05, 0) is 36.5 Å². The van der Waals surface area contributed by atoms with E-state index in [-0.39, 0.29) is 0 Å². The largest absolute Gasteiger partial charge is 0.497 e. The number of hydrogen-bond acceptors (Lipinski definition) is 4. The Morgan fingerprint density at radius 1 is 1.21 bits per heavy atom. The lowest BCUT2D eigenvalue weighted by molar-refractivity contribution is 0.415. The maximum absolute atomic E-state index is 6.15. The molecule has 1 heterocycles. The summed E-state index contributed by atoms with van der Waals surface area (Å²) in [7, 11) is 1.60. The number of hydrogen-bond donors (Lipinski definition) is 1. The van der Waals surface area contributed by atoms with E-state index in [9.17, 15) is 0 Å². The Morgan fingerprint density at radius 3 is 2.62 bits per heavy atom. The molecule has 0 aliphatic carbocycles. The van der Waals surface area contributed by atoms with Gasteiger partial charge in [0.15, 0.2) is 5.82 Å². The van der Waals surface area contributed by atoms with Crippen molar-refractivity contribution in [2.24, 2.45) is 5.10 Å². The zero-order valence-electron chi connectivity index (χ0n) is 12.5. The molecule has 1 aromatic heterocycles. The average molecular weight is 379 g/mol. The highest BCUT2D eigenvalue weighted by molar-refractivity contribution is 7.71. The highest BCUT2D eigenvalue weighted by Crippen LogP contribution is 2.24. The Labute approximate surface area is 153 Å². The number of nitrogens with one attached hydrogen (secondary N) is 1. The molecule has 0 aliphatic rings. The third-order valence-electron chi connectivity index (χ3n) is 3.28. The molecule has 0 bridgehead atoms. The molecular formula is C16H12Cl2N4OS. The molecule has 8 heteroatoms. The normalized spacial score (nSPS) is 11.1. The quantitative estimate of drug-likeness (QED) is 0.523. The Hall–Kier alpha value is -2.15. The lowest BCUT2D eigenvalue weighted by Crippen LogP contribution is -1.96. The van der Waals surface area contributed by atoms with Crippen molar-refractivity contribution in [1.82, 2.24) is 14.9 Å². The molecule has 0 aliphatic heterocycles. The molecule has 3 aromatic rings. The lowest BCUT2D eigenvalue weighted by atomic mass is 10.2. The Kier molecular flexibility index (Phi) is 4.99. The minimum absolute atomic E-state index is 0.354. The number of aromatic amines is 1. The van der Waals surface area contributed by atoms with Crippen LogP contribution in [0.1, 0.15) is 5.56 Å². The van der Waals surface area contributed by atoms with Crippen LogP contribution < -0.4 is 4.74 Å². The predicted molar refractivity (Wildman–Crippen MR) is 98.9 cm³/mol. The molecule has 24 heavy (non-hydrogen) atoms. The van der Waals surface area contributed by atoms with E-state index in [4.69, 9.17) is 40.2 Å². The van der Waals surface area contributed by atoms with Gasteiger partial charge >= 0.3 is 0 Å². The van der Waals surface area contributed by atoms with Crippen molar-refractivity contribution >= 4 is 41.6 Å². The second-order valence-corrected chi connectivity index (χ2v) is 5.98. The number of rotatable bonds is 4. The van der Waals surface area contributed by atoms with E-state index in [0.29, 0.717) is 32.0 Å². The number of aromatic nitrogens is 3. The molecule has 2 aromatic carbocycles. The van der Waals surface area contributed by atoms with Crippen LogP contribution in [0.25, 0.3) is 11.4 Å². The van der Waals surface area contributed by atoms with Crippen molar-refractivity contribution < 1.29 is 4.74 Å². The standard InChI is InChI=1S/C16H12Cl2N4OS/c1-23-11-5-2-4-10(8-11)15-20-21-16(24)22(15)19-9-12-13(17)6-3-7-14(12)18/h2-9H,1H3,(H,21,24). The van der Waals surface area contributed by atoms with E-state index in [1.807, 2.05) is 24.3 Å². The summed E-state index contributed by atoms with van der Waals surface area (Å²) >= 11 is 17.6. The number of methoxy groups -OCH3 is 1. The van der Waals surface area contributed by atoms with E-state index in [2.05, 4.69) is 15.3 Å². The third kappa shape index (κ3) is 3.36. The number of ether oxygens (including phenoxy) is 1. The first-order valence-corrected chi connectivity index (χ1v) is 8.07. The predicted octanol–water partition coefficient (Wildman–Crippen LogP) is 4.81. The first-order chi connectivity index (χ1) is 11.6. The van der Waals surface area contributed by atoms with Crippen molar-refractivity contribution in [2.45, 2.75) is 0 Å². The summed E-state index contributed by atoms with van der Waals surface area (Å²) in [5.41, 5.74) is 1.42. The zero-order chi connectivity index (χ0) is 17.1. The van der Waals surface area contributed by atoms with Gasteiger partial charge in [-0.1, -0.05) is 41.4 Å². The highest BCUT2D eigenvalue weighted by Gasteiger charge is 2.10. The molecule has 0 fully saturated rings.